The summed E-state index contributed by atoms with van der Waals surface area (Å²) >= 11 is 11.7. The number of anilines is 2. The van der Waals surface area contributed by atoms with Gasteiger partial charge in [-0.2, -0.15) is 0 Å². The molecule has 0 fully saturated rings. The predicted molar refractivity (Wildman–Crippen MR) is 82.8 cm³/mol. The van der Waals surface area contributed by atoms with Crippen molar-refractivity contribution in [2.75, 3.05) is 10.5 Å². The first-order valence-corrected chi connectivity index (χ1v) is 7.98. The van der Waals surface area contributed by atoms with Gasteiger partial charge in [-0.1, -0.05) is 23.2 Å². The average molecular weight is 349 g/mol. The molecule has 0 radical (unpaired) electrons. The van der Waals surface area contributed by atoms with Crippen molar-refractivity contribution in [2.45, 2.75) is 11.8 Å². The van der Waals surface area contributed by atoms with E-state index in [4.69, 9.17) is 28.9 Å². The van der Waals surface area contributed by atoms with E-state index in [1.165, 1.54) is 18.2 Å². The molecular formula is C13H11Cl2FN2O2S. The fourth-order valence-electron chi connectivity index (χ4n) is 1.65. The van der Waals surface area contributed by atoms with Crippen LogP contribution in [0.4, 0.5) is 15.8 Å². The van der Waals surface area contributed by atoms with E-state index in [9.17, 15) is 12.8 Å². The molecule has 3 N–H and O–H groups in total. The molecule has 0 unspecified atom stereocenters. The Balaban J connectivity index is 2.48. The zero-order chi connectivity index (χ0) is 15.8. The van der Waals surface area contributed by atoms with Crippen molar-refractivity contribution in [3.63, 3.8) is 0 Å². The molecule has 0 saturated heterocycles. The van der Waals surface area contributed by atoms with Crippen LogP contribution in [0.5, 0.6) is 0 Å². The third kappa shape index (κ3) is 3.40. The molecule has 21 heavy (non-hydrogen) atoms. The van der Waals surface area contributed by atoms with Crippen molar-refractivity contribution < 1.29 is 12.8 Å². The van der Waals surface area contributed by atoms with Crippen LogP contribution in [-0.4, -0.2) is 8.42 Å². The normalized spacial score (nSPS) is 11.4. The summed E-state index contributed by atoms with van der Waals surface area (Å²) in [5.74, 6) is -0.896. The fourth-order valence-corrected chi connectivity index (χ4v) is 3.21. The Morgan fingerprint density at radius 2 is 1.86 bits per heavy atom. The summed E-state index contributed by atoms with van der Waals surface area (Å²) in [6, 6.07) is 6.39. The smallest absolute Gasteiger partial charge is 0.264 e. The van der Waals surface area contributed by atoms with Gasteiger partial charge in [-0.3, -0.25) is 4.72 Å². The van der Waals surface area contributed by atoms with Crippen LogP contribution in [0.25, 0.3) is 0 Å². The first kappa shape index (κ1) is 15.9. The molecule has 4 nitrogen and oxygen atoms in total. The lowest BCUT2D eigenvalue weighted by atomic mass is 10.2. The number of nitrogen functional groups attached to an aromatic ring is 1. The minimum atomic E-state index is -4.17. The summed E-state index contributed by atoms with van der Waals surface area (Å²) < 4.78 is 40.5. The Bertz CT molecular complexity index is 810. The maximum absolute atomic E-state index is 13.9. The standard InChI is InChI=1S/C13H11Cl2FN2O2S/c1-7-4-10(16)13(6-11(7)17)21(19,20)18-12-5-8(14)2-3-9(12)15/h2-6,18H,17H2,1H3. The van der Waals surface area contributed by atoms with Crippen molar-refractivity contribution in [2.24, 2.45) is 0 Å². The van der Waals surface area contributed by atoms with E-state index in [1.807, 2.05) is 0 Å². The van der Waals surface area contributed by atoms with Crippen molar-refractivity contribution in [1.29, 1.82) is 0 Å². The van der Waals surface area contributed by atoms with Crippen LogP contribution in [0.3, 0.4) is 0 Å². The van der Waals surface area contributed by atoms with Gasteiger partial charge in [0.15, 0.2) is 0 Å². The molecule has 2 aromatic carbocycles. The SMILES string of the molecule is Cc1cc(F)c(S(=O)(=O)Nc2cc(Cl)ccc2Cl)cc1N. The summed E-state index contributed by atoms with van der Waals surface area (Å²) in [5.41, 5.74) is 6.31. The number of halogens is 3. The zero-order valence-corrected chi connectivity index (χ0v) is 13.2. The Morgan fingerprint density at radius 1 is 1.19 bits per heavy atom. The maximum atomic E-state index is 13.9. The maximum Gasteiger partial charge on any atom is 0.264 e. The Labute approximate surface area is 131 Å². The lowest BCUT2D eigenvalue weighted by Crippen LogP contribution is -2.15. The van der Waals surface area contributed by atoms with Crippen LogP contribution < -0.4 is 10.5 Å². The van der Waals surface area contributed by atoms with Crippen molar-refractivity contribution >= 4 is 44.6 Å². The van der Waals surface area contributed by atoms with Crippen LogP contribution in [0, 0.1) is 12.7 Å². The van der Waals surface area contributed by atoms with Gasteiger partial charge < -0.3 is 5.73 Å². The van der Waals surface area contributed by atoms with Gasteiger partial charge in [0, 0.05) is 10.7 Å². The third-order valence-electron chi connectivity index (χ3n) is 2.78. The predicted octanol–water partition coefficient (Wildman–Crippen LogP) is 3.82. The first-order valence-electron chi connectivity index (χ1n) is 5.74. The summed E-state index contributed by atoms with van der Waals surface area (Å²) in [4.78, 5) is -0.554. The topological polar surface area (TPSA) is 72.2 Å². The molecule has 0 aliphatic carbocycles. The number of hydrogen-bond donors (Lipinski definition) is 2. The second-order valence-corrected chi connectivity index (χ2v) is 6.86. The highest BCUT2D eigenvalue weighted by molar-refractivity contribution is 7.92. The van der Waals surface area contributed by atoms with E-state index >= 15 is 0 Å². The highest BCUT2D eigenvalue weighted by atomic mass is 35.5. The zero-order valence-electron chi connectivity index (χ0n) is 10.8. The van der Waals surface area contributed by atoms with Crippen LogP contribution in [0.15, 0.2) is 35.2 Å². The molecule has 0 saturated carbocycles. The molecule has 112 valence electrons. The number of hydrogen-bond acceptors (Lipinski definition) is 3. The van der Waals surface area contributed by atoms with E-state index in [1.54, 1.807) is 6.92 Å². The first-order chi connectivity index (χ1) is 9.70. The molecule has 0 aromatic heterocycles. The molecule has 0 atom stereocenters. The second kappa shape index (κ2) is 5.71. The molecule has 2 rings (SSSR count). The molecule has 0 heterocycles. The van der Waals surface area contributed by atoms with Gasteiger partial charge in [-0.05, 0) is 42.8 Å². The molecule has 0 spiro atoms. The van der Waals surface area contributed by atoms with Gasteiger partial charge in [-0.25, -0.2) is 12.8 Å². The Hall–Kier alpha value is -1.50. The quantitative estimate of drug-likeness (QED) is 0.828. The largest absolute Gasteiger partial charge is 0.398 e. The van der Waals surface area contributed by atoms with Gasteiger partial charge in [0.2, 0.25) is 0 Å². The Kier molecular flexibility index (Phi) is 4.32. The van der Waals surface area contributed by atoms with Crippen LogP contribution in [-0.2, 0) is 10.0 Å². The summed E-state index contributed by atoms with van der Waals surface area (Å²) in [6.07, 6.45) is 0. The van der Waals surface area contributed by atoms with E-state index < -0.39 is 20.7 Å². The monoisotopic (exact) mass is 348 g/mol. The van der Waals surface area contributed by atoms with Crippen molar-refractivity contribution in [1.82, 2.24) is 0 Å². The van der Waals surface area contributed by atoms with Crippen LogP contribution in [0.1, 0.15) is 5.56 Å². The van der Waals surface area contributed by atoms with Gasteiger partial charge >= 0.3 is 0 Å². The van der Waals surface area contributed by atoms with E-state index in [2.05, 4.69) is 4.72 Å². The molecule has 0 amide bonds. The fraction of sp³-hybridized carbons (Fsp3) is 0.0769. The molecule has 0 bridgehead atoms. The van der Waals surface area contributed by atoms with Crippen LogP contribution >= 0.6 is 23.2 Å². The molecule has 8 heteroatoms. The average Bonchev–Trinajstić information content (AvgIpc) is 2.37. The third-order valence-corrected chi connectivity index (χ3v) is 4.73. The minimum absolute atomic E-state index is 0.0581. The summed E-state index contributed by atoms with van der Waals surface area (Å²) in [7, 11) is -4.17. The van der Waals surface area contributed by atoms with Gasteiger partial charge in [0.05, 0.1) is 10.7 Å². The van der Waals surface area contributed by atoms with Crippen LogP contribution in [0.2, 0.25) is 10.0 Å². The van der Waals surface area contributed by atoms with Crippen molar-refractivity contribution in [3.05, 3.63) is 51.8 Å². The van der Waals surface area contributed by atoms with Gasteiger partial charge in [0.1, 0.15) is 10.7 Å². The lowest BCUT2D eigenvalue weighted by Gasteiger charge is -2.12. The van der Waals surface area contributed by atoms with Gasteiger partial charge in [0.25, 0.3) is 10.0 Å². The highest BCUT2D eigenvalue weighted by Crippen LogP contribution is 2.29. The number of nitrogens with two attached hydrogens (primary N) is 1. The number of benzene rings is 2. The molecular weight excluding hydrogens is 338 g/mol. The highest BCUT2D eigenvalue weighted by Gasteiger charge is 2.21. The van der Waals surface area contributed by atoms with E-state index in [0.717, 1.165) is 12.1 Å². The molecule has 0 aliphatic heterocycles. The summed E-state index contributed by atoms with van der Waals surface area (Å²) in [6.45, 7) is 1.58. The van der Waals surface area contributed by atoms with Gasteiger partial charge in [-0.15, -0.1) is 0 Å². The summed E-state index contributed by atoms with van der Waals surface area (Å²) in [5, 5.41) is 0.435. The number of rotatable bonds is 3. The second-order valence-electron chi connectivity index (χ2n) is 4.37. The number of nitrogens with one attached hydrogen (secondary N) is 1. The van der Waals surface area contributed by atoms with E-state index in [-0.39, 0.29) is 16.4 Å². The Morgan fingerprint density at radius 3 is 2.52 bits per heavy atom. The van der Waals surface area contributed by atoms with Crippen molar-refractivity contribution in [3.8, 4) is 0 Å². The minimum Gasteiger partial charge on any atom is -0.398 e. The number of sulfonamides is 1. The number of aryl methyl sites for hydroxylation is 1. The lowest BCUT2D eigenvalue weighted by molar-refractivity contribution is 0.570. The van der Waals surface area contributed by atoms with E-state index in [0.29, 0.717) is 10.6 Å². The molecule has 2 aromatic rings. The molecule has 0 aliphatic rings.